The lowest BCUT2D eigenvalue weighted by atomic mass is 9.79. The van der Waals surface area contributed by atoms with Crippen molar-refractivity contribution < 1.29 is 9.90 Å². The van der Waals surface area contributed by atoms with Crippen molar-refractivity contribution in [2.75, 3.05) is 18.5 Å². The van der Waals surface area contributed by atoms with Crippen molar-refractivity contribution in [3.8, 4) is 0 Å². The van der Waals surface area contributed by atoms with Gasteiger partial charge in [0.25, 0.3) is 0 Å². The number of aryl methyl sites for hydroxylation is 1. The van der Waals surface area contributed by atoms with E-state index >= 15 is 0 Å². The Hall–Kier alpha value is -1.39. The maximum absolute atomic E-state index is 12.7. The summed E-state index contributed by atoms with van der Waals surface area (Å²) >= 11 is 0. The molecule has 4 heteroatoms. The van der Waals surface area contributed by atoms with Gasteiger partial charge in [0, 0.05) is 23.8 Å². The number of aliphatic hydroxyl groups is 1. The second-order valence-corrected chi connectivity index (χ2v) is 7.42. The number of anilines is 1. The zero-order chi connectivity index (χ0) is 15.4. The van der Waals surface area contributed by atoms with E-state index < -0.39 is 5.41 Å². The predicted molar refractivity (Wildman–Crippen MR) is 83.4 cm³/mol. The summed E-state index contributed by atoms with van der Waals surface area (Å²) in [6.07, 6.45) is 0.684. The van der Waals surface area contributed by atoms with Gasteiger partial charge in [-0.05, 0) is 45.7 Å². The van der Waals surface area contributed by atoms with E-state index in [9.17, 15) is 9.90 Å². The summed E-state index contributed by atoms with van der Waals surface area (Å²) in [7, 11) is 0. The van der Waals surface area contributed by atoms with E-state index in [1.807, 2.05) is 12.1 Å². The number of hydrogen-bond acceptors (Lipinski definition) is 3. The van der Waals surface area contributed by atoms with Gasteiger partial charge in [0.05, 0.1) is 12.0 Å². The molecule has 1 spiro atoms. The quantitative estimate of drug-likeness (QED) is 0.831. The summed E-state index contributed by atoms with van der Waals surface area (Å²) in [5.41, 5.74) is 2.61. The van der Waals surface area contributed by atoms with Crippen LogP contribution in [0.2, 0.25) is 0 Å². The molecule has 0 radical (unpaired) electrons. The fraction of sp³-hybridized carbons (Fsp3) is 0.588. The SMILES string of the molecule is Cc1ccc2c(c1)[C@@]1(C[C@@H](CO)N(C(C)(C)C)C1)C(=O)N2. The van der Waals surface area contributed by atoms with Crippen LogP contribution in [-0.4, -0.2) is 40.6 Å². The van der Waals surface area contributed by atoms with E-state index in [4.69, 9.17) is 0 Å². The lowest BCUT2D eigenvalue weighted by Crippen LogP contribution is -2.47. The standard InChI is InChI=1S/C17H24N2O2/c1-11-5-6-14-13(7-11)17(15(21)18-14)8-12(9-20)19(10-17)16(2,3)4/h5-7,12,20H,8-10H2,1-4H3,(H,18,21)/t12-,17-/m0/s1. The van der Waals surface area contributed by atoms with E-state index in [1.165, 1.54) is 5.56 Å². The second-order valence-electron chi connectivity index (χ2n) is 7.42. The number of nitrogens with zero attached hydrogens (tertiary/aromatic N) is 1. The molecule has 0 unspecified atom stereocenters. The normalized spacial score (nSPS) is 29.0. The average molecular weight is 288 g/mol. The molecule has 2 atom stereocenters. The minimum Gasteiger partial charge on any atom is -0.395 e. The van der Waals surface area contributed by atoms with Crippen molar-refractivity contribution in [2.24, 2.45) is 0 Å². The van der Waals surface area contributed by atoms with Gasteiger partial charge < -0.3 is 10.4 Å². The fourth-order valence-corrected chi connectivity index (χ4v) is 3.83. The summed E-state index contributed by atoms with van der Waals surface area (Å²) in [6, 6.07) is 6.17. The zero-order valence-corrected chi connectivity index (χ0v) is 13.2. The largest absolute Gasteiger partial charge is 0.395 e. The number of carbonyl (C=O) groups excluding carboxylic acids is 1. The first kappa shape index (κ1) is 14.5. The van der Waals surface area contributed by atoms with Gasteiger partial charge in [-0.15, -0.1) is 0 Å². The van der Waals surface area contributed by atoms with Gasteiger partial charge in [-0.3, -0.25) is 9.69 Å². The Kier molecular flexibility index (Phi) is 3.15. The Morgan fingerprint density at radius 2 is 2.14 bits per heavy atom. The highest BCUT2D eigenvalue weighted by molar-refractivity contribution is 6.06. The van der Waals surface area contributed by atoms with Crippen molar-refractivity contribution in [1.82, 2.24) is 4.90 Å². The molecule has 2 N–H and O–H groups in total. The average Bonchev–Trinajstić information content (AvgIpc) is 2.92. The topological polar surface area (TPSA) is 52.6 Å². The number of aliphatic hydroxyl groups excluding tert-OH is 1. The molecule has 1 aromatic rings. The van der Waals surface area contributed by atoms with Crippen LogP contribution in [0.5, 0.6) is 0 Å². The van der Waals surface area contributed by atoms with Gasteiger partial charge in [-0.25, -0.2) is 0 Å². The molecule has 0 bridgehead atoms. The summed E-state index contributed by atoms with van der Waals surface area (Å²) in [4.78, 5) is 14.9. The van der Waals surface area contributed by atoms with Crippen molar-refractivity contribution >= 4 is 11.6 Å². The van der Waals surface area contributed by atoms with Crippen LogP contribution in [0, 0.1) is 6.92 Å². The fourth-order valence-electron chi connectivity index (χ4n) is 3.83. The van der Waals surface area contributed by atoms with Crippen LogP contribution in [0.4, 0.5) is 5.69 Å². The van der Waals surface area contributed by atoms with Crippen molar-refractivity contribution in [3.05, 3.63) is 29.3 Å². The minimum absolute atomic E-state index is 0.0298. The smallest absolute Gasteiger partial charge is 0.236 e. The van der Waals surface area contributed by atoms with E-state index in [1.54, 1.807) is 0 Å². The molecule has 0 aromatic heterocycles. The molecule has 2 heterocycles. The van der Waals surface area contributed by atoms with E-state index in [2.05, 4.69) is 44.0 Å². The molecule has 1 saturated heterocycles. The maximum Gasteiger partial charge on any atom is 0.236 e. The number of amides is 1. The number of likely N-dealkylation sites (tertiary alicyclic amines) is 1. The first-order chi connectivity index (χ1) is 9.78. The van der Waals surface area contributed by atoms with Gasteiger partial charge >= 0.3 is 0 Å². The highest BCUT2D eigenvalue weighted by atomic mass is 16.3. The van der Waals surface area contributed by atoms with Gasteiger partial charge in [0.15, 0.2) is 0 Å². The molecule has 1 amide bonds. The molecule has 0 saturated carbocycles. The Bertz CT molecular complexity index is 591. The zero-order valence-electron chi connectivity index (χ0n) is 13.2. The van der Waals surface area contributed by atoms with E-state index in [0.717, 1.165) is 11.3 Å². The van der Waals surface area contributed by atoms with Crippen LogP contribution in [0.1, 0.15) is 38.3 Å². The second kappa shape index (κ2) is 4.55. The van der Waals surface area contributed by atoms with E-state index in [0.29, 0.717) is 13.0 Å². The third-order valence-electron chi connectivity index (χ3n) is 4.91. The summed E-state index contributed by atoms with van der Waals surface area (Å²) < 4.78 is 0. The summed E-state index contributed by atoms with van der Waals surface area (Å²) in [5.74, 6) is 0.0771. The Morgan fingerprint density at radius 3 is 2.71 bits per heavy atom. The van der Waals surface area contributed by atoms with Crippen LogP contribution in [0.3, 0.4) is 0 Å². The monoisotopic (exact) mass is 288 g/mol. The highest BCUT2D eigenvalue weighted by Crippen LogP contribution is 2.48. The predicted octanol–water partition coefficient (Wildman–Crippen LogP) is 2.05. The van der Waals surface area contributed by atoms with Gasteiger partial charge in [-0.2, -0.15) is 0 Å². The van der Waals surface area contributed by atoms with E-state index in [-0.39, 0.29) is 24.1 Å². The lowest BCUT2D eigenvalue weighted by Gasteiger charge is -2.36. The number of hydrogen-bond donors (Lipinski definition) is 2. The molecule has 0 aliphatic carbocycles. The first-order valence-electron chi connectivity index (χ1n) is 7.58. The van der Waals surface area contributed by atoms with Crippen LogP contribution in [0.25, 0.3) is 0 Å². The number of benzene rings is 1. The Labute approximate surface area is 126 Å². The van der Waals surface area contributed by atoms with Crippen LogP contribution >= 0.6 is 0 Å². The lowest BCUT2D eigenvalue weighted by molar-refractivity contribution is -0.120. The number of carbonyl (C=O) groups is 1. The molecule has 21 heavy (non-hydrogen) atoms. The minimum atomic E-state index is -0.512. The molecule has 3 rings (SSSR count). The molecule has 1 fully saturated rings. The molecule has 4 nitrogen and oxygen atoms in total. The molecular formula is C17H24N2O2. The van der Waals surface area contributed by atoms with Gasteiger partial charge in [0.2, 0.25) is 5.91 Å². The molecular weight excluding hydrogens is 264 g/mol. The summed E-state index contributed by atoms with van der Waals surface area (Å²) in [6.45, 7) is 9.23. The molecule has 1 aromatic carbocycles. The Balaban J connectivity index is 2.07. The van der Waals surface area contributed by atoms with Crippen molar-refractivity contribution in [3.63, 3.8) is 0 Å². The highest BCUT2D eigenvalue weighted by Gasteiger charge is 2.56. The first-order valence-corrected chi connectivity index (χ1v) is 7.58. The molecule has 2 aliphatic heterocycles. The van der Waals surface area contributed by atoms with Crippen molar-refractivity contribution in [2.45, 2.75) is 51.1 Å². The van der Waals surface area contributed by atoms with Gasteiger partial charge in [-0.1, -0.05) is 17.7 Å². The van der Waals surface area contributed by atoms with Crippen LogP contribution in [0.15, 0.2) is 18.2 Å². The number of nitrogens with one attached hydrogen (secondary N) is 1. The van der Waals surface area contributed by atoms with Crippen molar-refractivity contribution in [1.29, 1.82) is 0 Å². The van der Waals surface area contributed by atoms with Gasteiger partial charge in [0.1, 0.15) is 0 Å². The van der Waals surface area contributed by atoms with Crippen LogP contribution < -0.4 is 5.32 Å². The third kappa shape index (κ3) is 2.09. The van der Waals surface area contributed by atoms with Crippen LogP contribution in [-0.2, 0) is 10.2 Å². The molecule has 114 valence electrons. The Morgan fingerprint density at radius 1 is 1.43 bits per heavy atom. The number of fused-ring (bicyclic) bond motifs is 2. The summed E-state index contributed by atoms with van der Waals surface area (Å²) in [5, 5.41) is 12.8. The third-order valence-corrected chi connectivity index (χ3v) is 4.91. The maximum atomic E-state index is 12.7. The molecule has 2 aliphatic rings. The number of rotatable bonds is 1.